The van der Waals surface area contributed by atoms with E-state index in [4.69, 9.17) is 10.5 Å². The van der Waals surface area contributed by atoms with E-state index in [-0.39, 0.29) is 0 Å². The van der Waals surface area contributed by atoms with E-state index < -0.39 is 0 Å². The van der Waals surface area contributed by atoms with Crippen molar-refractivity contribution in [3.63, 3.8) is 0 Å². The minimum absolute atomic E-state index is 0.411. The van der Waals surface area contributed by atoms with Crippen LogP contribution >= 0.6 is 15.9 Å². The summed E-state index contributed by atoms with van der Waals surface area (Å²) in [6.45, 7) is 2.48. The van der Waals surface area contributed by atoms with Gasteiger partial charge in [0.25, 0.3) is 0 Å². The lowest BCUT2D eigenvalue weighted by atomic mass is 10.1. The molecule has 0 aliphatic heterocycles. The zero-order valence-corrected chi connectivity index (χ0v) is 12.6. The molecule has 100 valence electrons. The quantitative estimate of drug-likeness (QED) is 0.940. The third-order valence-corrected chi connectivity index (χ3v) is 3.58. The Balaban J connectivity index is 2.30. The Morgan fingerprint density at radius 3 is 2.79 bits per heavy atom. The first-order valence-corrected chi connectivity index (χ1v) is 6.74. The van der Waals surface area contributed by atoms with Crippen molar-refractivity contribution in [3.8, 4) is 0 Å². The SMILES string of the molecule is COCc1nc(Cc2cccc(C)c2)nc(N)c1Br. The molecule has 0 saturated carbocycles. The van der Waals surface area contributed by atoms with Gasteiger partial charge >= 0.3 is 0 Å². The van der Waals surface area contributed by atoms with Crippen molar-refractivity contribution < 1.29 is 4.74 Å². The van der Waals surface area contributed by atoms with Crippen LogP contribution < -0.4 is 5.73 Å². The van der Waals surface area contributed by atoms with E-state index >= 15 is 0 Å². The van der Waals surface area contributed by atoms with Gasteiger partial charge in [0.05, 0.1) is 16.8 Å². The monoisotopic (exact) mass is 321 g/mol. The van der Waals surface area contributed by atoms with E-state index in [1.165, 1.54) is 11.1 Å². The molecule has 2 aromatic rings. The van der Waals surface area contributed by atoms with Gasteiger partial charge in [-0.2, -0.15) is 0 Å². The molecule has 1 heterocycles. The number of methoxy groups -OCH3 is 1. The first-order chi connectivity index (χ1) is 9.10. The highest BCUT2D eigenvalue weighted by atomic mass is 79.9. The van der Waals surface area contributed by atoms with Gasteiger partial charge in [0, 0.05) is 13.5 Å². The first-order valence-electron chi connectivity index (χ1n) is 5.95. The molecule has 0 amide bonds. The van der Waals surface area contributed by atoms with E-state index in [1.54, 1.807) is 7.11 Å². The molecule has 1 aromatic carbocycles. The Labute approximate surface area is 121 Å². The molecule has 0 atom stereocenters. The molecular formula is C14H16BrN3O. The first kappa shape index (κ1) is 14.0. The number of aromatic nitrogens is 2. The maximum Gasteiger partial charge on any atom is 0.141 e. The number of nitrogens with two attached hydrogens (primary N) is 1. The topological polar surface area (TPSA) is 61.0 Å². The molecule has 2 N–H and O–H groups in total. The van der Waals surface area contributed by atoms with Crippen molar-refractivity contribution in [2.24, 2.45) is 0 Å². The molecule has 0 radical (unpaired) electrons. The summed E-state index contributed by atoms with van der Waals surface area (Å²) < 4.78 is 5.82. The molecule has 0 unspecified atom stereocenters. The summed E-state index contributed by atoms with van der Waals surface area (Å²) in [4.78, 5) is 8.79. The number of hydrogen-bond donors (Lipinski definition) is 1. The third kappa shape index (κ3) is 3.52. The summed E-state index contributed by atoms with van der Waals surface area (Å²) in [5.41, 5.74) is 9.05. The molecule has 5 heteroatoms. The fraction of sp³-hybridized carbons (Fsp3) is 0.286. The molecular weight excluding hydrogens is 306 g/mol. The highest BCUT2D eigenvalue weighted by molar-refractivity contribution is 9.10. The van der Waals surface area contributed by atoms with Crippen molar-refractivity contribution in [1.82, 2.24) is 9.97 Å². The molecule has 2 rings (SSSR count). The van der Waals surface area contributed by atoms with E-state index in [0.717, 1.165) is 5.69 Å². The summed E-state index contributed by atoms with van der Waals surface area (Å²) in [6.07, 6.45) is 0.663. The number of hydrogen-bond acceptors (Lipinski definition) is 4. The van der Waals surface area contributed by atoms with Crippen molar-refractivity contribution >= 4 is 21.7 Å². The van der Waals surface area contributed by atoms with Crippen molar-refractivity contribution in [3.05, 3.63) is 51.4 Å². The normalized spacial score (nSPS) is 10.7. The minimum atomic E-state index is 0.411. The van der Waals surface area contributed by atoms with Crippen LogP contribution in [-0.4, -0.2) is 17.1 Å². The molecule has 0 saturated heterocycles. The summed E-state index contributed by atoms with van der Waals surface area (Å²) in [6, 6.07) is 8.28. The Bertz CT molecular complexity index is 587. The maximum atomic E-state index is 5.88. The fourth-order valence-corrected chi connectivity index (χ4v) is 2.17. The number of rotatable bonds is 4. The Morgan fingerprint density at radius 1 is 1.32 bits per heavy atom. The van der Waals surface area contributed by atoms with E-state index in [0.29, 0.717) is 29.1 Å². The van der Waals surface area contributed by atoms with Crippen LogP contribution in [0.4, 0.5) is 5.82 Å². The number of nitrogen functional groups attached to an aromatic ring is 1. The highest BCUT2D eigenvalue weighted by Gasteiger charge is 2.10. The maximum absolute atomic E-state index is 5.88. The second-order valence-corrected chi connectivity index (χ2v) is 5.18. The van der Waals surface area contributed by atoms with Crippen LogP contribution in [0.1, 0.15) is 22.6 Å². The smallest absolute Gasteiger partial charge is 0.141 e. The van der Waals surface area contributed by atoms with Crippen molar-refractivity contribution in [2.75, 3.05) is 12.8 Å². The molecule has 0 aliphatic carbocycles. The van der Waals surface area contributed by atoms with Crippen LogP contribution in [-0.2, 0) is 17.8 Å². The van der Waals surface area contributed by atoms with Gasteiger partial charge in [-0.05, 0) is 28.4 Å². The van der Waals surface area contributed by atoms with Crippen LogP contribution in [0.2, 0.25) is 0 Å². The molecule has 1 aromatic heterocycles. The van der Waals surface area contributed by atoms with Crippen LogP contribution in [0, 0.1) is 6.92 Å². The Hall–Kier alpha value is -1.46. The Kier molecular flexibility index (Phi) is 4.50. The van der Waals surface area contributed by atoms with E-state index in [2.05, 4.69) is 51.0 Å². The fourth-order valence-electron chi connectivity index (χ4n) is 1.88. The predicted molar refractivity (Wildman–Crippen MR) is 78.8 cm³/mol. The van der Waals surface area contributed by atoms with E-state index in [9.17, 15) is 0 Å². The predicted octanol–water partition coefficient (Wildman–Crippen LogP) is 2.87. The molecule has 19 heavy (non-hydrogen) atoms. The van der Waals surface area contributed by atoms with Crippen molar-refractivity contribution in [2.45, 2.75) is 20.0 Å². The van der Waals surface area contributed by atoms with Gasteiger partial charge in [0.2, 0.25) is 0 Å². The molecule has 0 fully saturated rings. The Morgan fingerprint density at radius 2 is 2.11 bits per heavy atom. The van der Waals surface area contributed by atoms with Gasteiger partial charge in [-0.3, -0.25) is 0 Å². The molecule has 4 nitrogen and oxygen atoms in total. The van der Waals surface area contributed by atoms with Gasteiger partial charge in [0.15, 0.2) is 0 Å². The van der Waals surface area contributed by atoms with Gasteiger partial charge in [-0.1, -0.05) is 29.8 Å². The summed E-state index contributed by atoms with van der Waals surface area (Å²) in [5, 5.41) is 0. The lowest BCUT2D eigenvalue weighted by Crippen LogP contribution is -2.07. The number of nitrogens with zero attached hydrogens (tertiary/aromatic N) is 2. The second-order valence-electron chi connectivity index (χ2n) is 4.38. The van der Waals surface area contributed by atoms with Gasteiger partial charge in [-0.15, -0.1) is 0 Å². The third-order valence-electron chi connectivity index (χ3n) is 2.72. The van der Waals surface area contributed by atoms with Gasteiger partial charge < -0.3 is 10.5 Å². The molecule has 0 aliphatic rings. The summed E-state index contributed by atoms with van der Waals surface area (Å²) in [7, 11) is 1.63. The number of aryl methyl sites for hydroxylation is 1. The highest BCUT2D eigenvalue weighted by Crippen LogP contribution is 2.22. The van der Waals surface area contributed by atoms with Gasteiger partial charge in [0.1, 0.15) is 11.6 Å². The lowest BCUT2D eigenvalue weighted by molar-refractivity contribution is 0.180. The lowest BCUT2D eigenvalue weighted by Gasteiger charge is -2.08. The number of ether oxygens (including phenoxy) is 1. The van der Waals surface area contributed by atoms with Gasteiger partial charge in [-0.25, -0.2) is 9.97 Å². The summed E-state index contributed by atoms with van der Waals surface area (Å²) >= 11 is 3.38. The van der Waals surface area contributed by atoms with Crippen molar-refractivity contribution in [1.29, 1.82) is 0 Å². The van der Waals surface area contributed by atoms with Crippen LogP contribution in [0.5, 0.6) is 0 Å². The molecule has 0 spiro atoms. The minimum Gasteiger partial charge on any atom is -0.383 e. The van der Waals surface area contributed by atoms with Crippen LogP contribution in [0.3, 0.4) is 0 Å². The van der Waals surface area contributed by atoms with E-state index in [1.807, 2.05) is 6.07 Å². The van der Waals surface area contributed by atoms with Crippen LogP contribution in [0.25, 0.3) is 0 Å². The average molecular weight is 322 g/mol. The zero-order valence-electron chi connectivity index (χ0n) is 11.0. The average Bonchev–Trinajstić information content (AvgIpc) is 2.35. The molecule has 0 bridgehead atoms. The number of benzene rings is 1. The second kappa shape index (κ2) is 6.12. The zero-order chi connectivity index (χ0) is 13.8. The van der Waals surface area contributed by atoms with Crippen LogP contribution in [0.15, 0.2) is 28.7 Å². The summed E-state index contributed by atoms with van der Waals surface area (Å²) in [5.74, 6) is 1.16. The number of halogens is 1. The number of anilines is 1. The standard InChI is InChI=1S/C14H16BrN3O/c1-9-4-3-5-10(6-9)7-12-17-11(8-19-2)13(15)14(16)18-12/h3-6H,7-8H2,1-2H3,(H2,16,17,18). The largest absolute Gasteiger partial charge is 0.383 e.